The number of hydrogen-bond acceptors (Lipinski definition) is 7. The first-order valence-electron chi connectivity index (χ1n) is 26.6. The molecule has 0 heterocycles. The van der Waals surface area contributed by atoms with Crippen molar-refractivity contribution in [2.75, 3.05) is 40.9 Å². The maximum atomic E-state index is 13.4. The van der Waals surface area contributed by atoms with Crippen LogP contribution in [0.5, 0.6) is 0 Å². The number of carbonyl (C=O) groups excluding carboxylic acids is 2. The lowest BCUT2D eigenvalue weighted by Crippen LogP contribution is -2.47. The zero-order valence-electron chi connectivity index (χ0n) is 42.3. The van der Waals surface area contributed by atoms with Crippen LogP contribution in [-0.4, -0.2) is 69.4 Å². The van der Waals surface area contributed by atoms with Gasteiger partial charge in [-0.2, -0.15) is 0 Å². The number of phosphoric ester groups is 1. The van der Waals surface area contributed by atoms with Gasteiger partial charge in [-0.05, 0) is 57.4 Å². The van der Waals surface area contributed by atoms with E-state index in [2.05, 4.69) is 38.2 Å². The first-order chi connectivity index (χ1) is 30.4. The highest BCUT2D eigenvalue weighted by atomic mass is 31.2. The number of unbranched alkanes of at least 4 members (excludes halogenated alkanes) is 30. The van der Waals surface area contributed by atoms with Gasteiger partial charge in [-0.15, -0.1) is 0 Å². The molecular weight excluding hydrogens is 808 g/mol. The molecule has 0 aromatic rings. The number of nitrogens with zero attached hydrogens (tertiary/aromatic N) is 1. The van der Waals surface area contributed by atoms with E-state index in [1.807, 2.05) is 33.3 Å². The lowest BCUT2D eigenvalue weighted by Gasteiger charge is -2.30. The standard InChI is InChI=1S/C53H103N2O7P/c1-7-10-13-16-19-22-25-27-28-31-33-36-39-42-45-52(56)54-50(49-61-63(58,59)60-48-47-55(4,5)6)51(44-41-38-35-32-30-26-23-20-17-14-11-8-2)62-53(57)46-43-40-37-34-29-24-21-18-15-12-9-3/h28,31,41,44,50-51H,7-27,29-30,32-40,42-43,45-49H2,1-6H3,(H-,54,56,58,59)/b31-28-,44-41+. The minimum atomic E-state index is -4.68. The van der Waals surface area contributed by atoms with Gasteiger partial charge in [0.05, 0.1) is 33.8 Å². The van der Waals surface area contributed by atoms with Crippen molar-refractivity contribution in [2.24, 2.45) is 0 Å². The molecule has 1 amide bonds. The molecule has 0 fully saturated rings. The Morgan fingerprint density at radius 2 is 0.921 bits per heavy atom. The average Bonchev–Trinajstić information content (AvgIpc) is 3.23. The fourth-order valence-electron chi connectivity index (χ4n) is 7.69. The van der Waals surface area contributed by atoms with Crippen LogP contribution in [0.4, 0.5) is 0 Å². The van der Waals surface area contributed by atoms with Crippen LogP contribution in [0, 0.1) is 0 Å². The number of ether oxygens (including phenoxy) is 1. The molecule has 0 aliphatic rings. The third kappa shape index (κ3) is 45.4. The Hall–Kier alpha value is -1.51. The molecule has 0 saturated carbocycles. The predicted octanol–water partition coefficient (Wildman–Crippen LogP) is 14.8. The number of quaternary nitrogens is 1. The minimum absolute atomic E-state index is 0.0221. The Balaban J connectivity index is 5.43. The number of hydrogen-bond donors (Lipinski definition) is 1. The van der Waals surface area contributed by atoms with Gasteiger partial charge in [0, 0.05) is 12.8 Å². The van der Waals surface area contributed by atoms with E-state index in [1.165, 1.54) is 148 Å². The van der Waals surface area contributed by atoms with Crippen LogP contribution in [0.1, 0.15) is 252 Å². The summed E-state index contributed by atoms with van der Waals surface area (Å²) in [5.74, 6) is -0.553. The summed E-state index contributed by atoms with van der Waals surface area (Å²) in [6.45, 7) is 6.82. The molecule has 0 rings (SSSR count). The van der Waals surface area contributed by atoms with Crippen LogP contribution in [0.3, 0.4) is 0 Å². The smallest absolute Gasteiger partial charge is 0.306 e. The van der Waals surface area contributed by atoms with Gasteiger partial charge in [-0.1, -0.05) is 206 Å². The second-order valence-electron chi connectivity index (χ2n) is 19.4. The van der Waals surface area contributed by atoms with Crippen molar-refractivity contribution in [3.63, 3.8) is 0 Å². The van der Waals surface area contributed by atoms with E-state index in [0.29, 0.717) is 17.4 Å². The zero-order chi connectivity index (χ0) is 46.5. The largest absolute Gasteiger partial charge is 0.756 e. The van der Waals surface area contributed by atoms with Gasteiger partial charge in [0.1, 0.15) is 19.3 Å². The summed E-state index contributed by atoms with van der Waals surface area (Å²) in [5.41, 5.74) is 0. The van der Waals surface area contributed by atoms with E-state index >= 15 is 0 Å². The molecule has 0 spiro atoms. The molecule has 63 heavy (non-hydrogen) atoms. The predicted molar refractivity (Wildman–Crippen MR) is 266 cm³/mol. The van der Waals surface area contributed by atoms with Crippen LogP contribution < -0.4 is 10.2 Å². The molecule has 3 atom stereocenters. The minimum Gasteiger partial charge on any atom is -0.756 e. The number of allylic oxidation sites excluding steroid dienone is 3. The molecule has 0 radical (unpaired) electrons. The highest BCUT2D eigenvalue weighted by molar-refractivity contribution is 7.45. The van der Waals surface area contributed by atoms with E-state index in [0.717, 1.165) is 70.6 Å². The van der Waals surface area contributed by atoms with Gasteiger partial charge in [-0.25, -0.2) is 0 Å². The summed E-state index contributed by atoms with van der Waals surface area (Å²) >= 11 is 0. The van der Waals surface area contributed by atoms with E-state index in [-0.39, 0.29) is 31.5 Å². The molecule has 0 aromatic heterocycles. The van der Waals surface area contributed by atoms with Crippen LogP contribution in [0.25, 0.3) is 0 Å². The van der Waals surface area contributed by atoms with Crippen LogP contribution >= 0.6 is 7.82 Å². The van der Waals surface area contributed by atoms with Gasteiger partial charge in [0.2, 0.25) is 5.91 Å². The fraction of sp³-hybridized carbons (Fsp3) is 0.887. The molecule has 0 bridgehead atoms. The lowest BCUT2D eigenvalue weighted by atomic mass is 10.0. The summed E-state index contributed by atoms with van der Waals surface area (Å²) in [6.07, 6.45) is 48.5. The number of likely N-dealkylation sites (N-methyl/N-ethyl adjacent to an activating group) is 1. The topological polar surface area (TPSA) is 114 Å². The molecule has 3 unspecified atom stereocenters. The maximum absolute atomic E-state index is 13.4. The summed E-state index contributed by atoms with van der Waals surface area (Å²) in [7, 11) is 1.18. The third-order valence-corrected chi connectivity index (χ3v) is 12.8. The second kappa shape index (κ2) is 44.3. The molecular formula is C53H103N2O7P. The Kier molecular flexibility index (Phi) is 43.3. The number of phosphoric acid groups is 1. The maximum Gasteiger partial charge on any atom is 0.306 e. The van der Waals surface area contributed by atoms with Crippen molar-refractivity contribution in [2.45, 2.75) is 264 Å². The molecule has 0 saturated heterocycles. The monoisotopic (exact) mass is 911 g/mol. The van der Waals surface area contributed by atoms with E-state index in [9.17, 15) is 19.0 Å². The van der Waals surface area contributed by atoms with Gasteiger partial charge < -0.3 is 28.5 Å². The number of amides is 1. The molecule has 0 aliphatic heterocycles. The summed E-state index contributed by atoms with van der Waals surface area (Å²) in [4.78, 5) is 39.6. The van der Waals surface area contributed by atoms with Gasteiger partial charge >= 0.3 is 5.97 Å². The molecule has 10 heteroatoms. The van der Waals surface area contributed by atoms with Crippen LogP contribution in [0.15, 0.2) is 24.3 Å². The summed E-state index contributed by atoms with van der Waals surface area (Å²) < 4.78 is 30.1. The quantitative estimate of drug-likeness (QED) is 0.0213. The first kappa shape index (κ1) is 61.5. The second-order valence-corrected chi connectivity index (χ2v) is 20.8. The fourth-order valence-corrected chi connectivity index (χ4v) is 8.42. The average molecular weight is 911 g/mol. The molecule has 372 valence electrons. The van der Waals surface area contributed by atoms with Gasteiger partial charge in [0.15, 0.2) is 0 Å². The van der Waals surface area contributed by atoms with Crippen molar-refractivity contribution in [3.8, 4) is 0 Å². The van der Waals surface area contributed by atoms with Gasteiger partial charge in [-0.3, -0.25) is 14.2 Å². The zero-order valence-corrected chi connectivity index (χ0v) is 43.2. The molecule has 9 nitrogen and oxygen atoms in total. The van der Waals surface area contributed by atoms with Crippen molar-refractivity contribution < 1.29 is 37.3 Å². The SMILES string of the molecule is CCCCCCCCC/C=C\CCCCCC(=O)NC(COP(=O)([O-])OCC[N+](C)(C)C)C(/C=C/CCCCCCCCCCCC)OC(=O)CCCCCCCCCCCCC. The van der Waals surface area contributed by atoms with E-state index in [4.69, 9.17) is 13.8 Å². The van der Waals surface area contributed by atoms with Crippen molar-refractivity contribution >= 4 is 19.7 Å². The molecule has 0 aromatic carbocycles. The Morgan fingerprint density at radius 3 is 1.37 bits per heavy atom. The van der Waals surface area contributed by atoms with E-state index < -0.39 is 20.0 Å². The molecule has 1 N–H and O–H groups in total. The van der Waals surface area contributed by atoms with Gasteiger partial charge in [0.25, 0.3) is 7.82 Å². The highest BCUT2D eigenvalue weighted by Gasteiger charge is 2.27. The van der Waals surface area contributed by atoms with Crippen LogP contribution in [-0.2, 0) is 27.9 Å². The van der Waals surface area contributed by atoms with Crippen molar-refractivity contribution in [3.05, 3.63) is 24.3 Å². The number of esters is 1. The molecule has 0 aliphatic carbocycles. The number of carbonyl (C=O) groups is 2. The Labute approximate surface area is 390 Å². The van der Waals surface area contributed by atoms with Crippen molar-refractivity contribution in [1.29, 1.82) is 0 Å². The normalized spacial score (nSPS) is 14.1. The number of rotatable bonds is 48. The Morgan fingerprint density at radius 1 is 0.540 bits per heavy atom. The summed E-state index contributed by atoms with van der Waals surface area (Å²) in [5, 5.41) is 3.00. The van der Waals surface area contributed by atoms with Crippen LogP contribution in [0.2, 0.25) is 0 Å². The first-order valence-corrected chi connectivity index (χ1v) is 28.1. The van der Waals surface area contributed by atoms with Crippen molar-refractivity contribution in [1.82, 2.24) is 5.32 Å². The highest BCUT2D eigenvalue weighted by Crippen LogP contribution is 2.38. The van der Waals surface area contributed by atoms with E-state index in [1.54, 1.807) is 0 Å². The Bertz CT molecular complexity index is 1140. The summed E-state index contributed by atoms with van der Waals surface area (Å²) in [6, 6.07) is -0.887. The third-order valence-electron chi connectivity index (χ3n) is 11.9. The number of nitrogens with one attached hydrogen (secondary N) is 1. The lowest BCUT2D eigenvalue weighted by molar-refractivity contribution is -0.870.